The molecule has 0 aliphatic carbocycles. The molecule has 6 heteroatoms. The number of nitrogens with zero attached hydrogens (tertiary/aromatic N) is 1. The van der Waals surface area contributed by atoms with Gasteiger partial charge in [-0.2, -0.15) is 0 Å². The number of benzene rings is 2. The van der Waals surface area contributed by atoms with E-state index in [1.54, 1.807) is 30.0 Å². The van der Waals surface area contributed by atoms with E-state index < -0.39 is 12.1 Å². The van der Waals surface area contributed by atoms with E-state index in [1.807, 2.05) is 18.2 Å². The Morgan fingerprint density at radius 3 is 2.36 bits per heavy atom. The number of rotatable bonds is 3. The molecule has 0 N–H and O–H groups in total. The third kappa shape index (κ3) is 3.80. The van der Waals surface area contributed by atoms with E-state index in [4.69, 9.17) is 27.9 Å². The van der Waals surface area contributed by atoms with E-state index in [-0.39, 0.29) is 21.5 Å². The van der Waals surface area contributed by atoms with Crippen LogP contribution < -0.4 is 0 Å². The predicted octanol–water partition coefficient (Wildman–Crippen LogP) is 4.12. The van der Waals surface area contributed by atoms with Crippen LogP contribution in [-0.2, 0) is 22.5 Å². The van der Waals surface area contributed by atoms with E-state index in [0.29, 0.717) is 13.1 Å². The SMILES string of the molecule is CC(OC(=O)c1c(Cl)cccc1Cl)C(=O)N1CCc2ccccc2C1. The Labute approximate surface area is 156 Å². The lowest BCUT2D eigenvalue weighted by Crippen LogP contribution is -2.42. The smallest absolute Gasteiger partial charge is 0.341 e. The number of halogens is 2. The molecule has 0 saturated heterocycles. The first kappa shape index (κ1) is 17.8. The fourth-order valence-corrected chi connectivity index (χ4v) is 3.46. The molecule has 0 radical (unpaired) electrons. The summed E-state index contributed by atoms with van der Waals surface area (Å²) in [6.07, 6.45) is -0.121. The first-order chi connectivity index (χ1) is 12.0. The molecule has 0 saturated carbocycles. The lowest BCUT2D eigenvalue weighted by atomic mass is 9.99. The predicted molar refractivity (Wildman–Crippen MR) is 96.9 cm³/mol. The zero-order valence-electron chi connectivity index (χ0n) is 13.7. The first-order valence-corrected chi connectivity index (χ1v) is 8.73. The van der Waals surface area contributed by atoms with Gasteiger partial charge >= 0.3 is 5.97 Å². The van der Waals surface area contributed by atoms with Gasteiger partial charge in [0.1, 0.15) is 0 Å². The summed E-state index contributed by atoms with van der Waals surface area (Å²) in [5.41, 5.74) is 2.45. The summed E-state index contributed by atoms with van der Waals surface area (Å²) in [5, 5.41) is 0.396. The molecule has 2 aromatic rings. The molecule has 2 aromatic carbocycles. The van der Waals surface area contributed by atoms with Gasteiger partial charge in [0.25, 0.3) is 5.91 Å². The normalized spacial score (nSPS) is 14.6. The van der Waals surface area contributed by atoms with Gasteiger partial charge < -0.3 is 9.64 Å². The summed E-state index contributed by atoms with van der Waals surface area (Å²) in [6.45, 7) is 2.68. The molecule has 130 valence electrons. The van der Waals surface area contributed by atoms with E-state index >= 15 is 0 Å². The Hall–Kier alpha value is -2.04. The van der Waals surface area contributed by atoms with Crippen molar-refractivity contribution >= 4 is 35.1 Å². The molecular weight excluding hydrogens is 361 g/mol. The van der Waals surface area contributed by atoms with Crippen LogP contribution in [0.4, 0.5) is 0 Å². The van der Waals surface area contributed by atoms with Crippen LogP contribution >= 0.6 is 23.2 Å². The average Bonchev–Trinajstić information content (AvgIpc) is 2.60. The van der Waals surface area contributed by atoms with Crippen molar-refractivity contribution in [3.63, 3.8) is 0 Å². The molecule has 0 fully saturated rings. The molecule has 25 heavy (non-hydrogen) atoms. The van der Waals surface area contributed by atoms with Crippen LogP contribution in [0.25, 0.3) is 0 Å². The highest BCUT2D eigenvalue weighted by Crippen LogP contribution is 2.26. The molecule has 0 spiro atoms. The summed E-state index contributed by atoms with van der Waals surface area (Å²) in [7, 11) is 0. The Morgan fingerprint density at radius 2 is 1.68 bits per heavy atom. The number of carbonyl (C=O) groups excluding carboxylic acids is 2. The van der Waals surface area contributed by atoms with Gasteiger partial charge in [0.15, 0.2) is 6.10 Å². The van der Waals surface area contributed by atoms with Crippen LogP contribution in [0.1, 0.15) is 28.4 Å². The molecule has 1 atom stereocenters. The molecule has 1 unspecified atom stereocenters. The molecule has 0 bridgehead atoms. The minimum atomic E-state index is -0.912. The number of ether oxygens (including phenoxy) is 1. The van der Waals surface area contributed by atoms with E-state index in [9.17, 15) is 9.59 Å². The highest BCUT2D eigenvalue weighted by atomic mass is 35.5. The summed E-state index contributed by atoms with van der Waals surface area (Å²) >= 11 is 12.0. The topological polar surface area (TPSA) is 46.6 Å². The maximum atomic E-state index is 12.6. The van der Waals surface area contributed by atoms with Crippen molar-refractivity contribution < 1.29 is 14.3 Å². The maximum absolute atomic E-state index is 12.6. The fraction of sp³-hybridized carbons (Fsp3) is 0.263. The summed E-state index contributed by atoms with van der Waals surface area (Å²) in [4.78, 5) is 26.7. The number of carbonyl (C=O) groups is 2. The van der Waals surface area contributed by atoms with Crippen molar-refractivity contribution in [3.05, 3.63) is 69.2 Å². The fourth-order valence-electron chi connectivity index (χ4n) is 2.90. The molecule has 4 nitrogen and oxygen atoms in total. The Bertz CT molecular complexity index is 802. The quantitative estimate of drug-likeness (QED) is 0.755. The number of hydrogen-bond acceptors (Lipinski definition) is 3. The maximum Gasteiger partial charge on any atom is 0.341 e. The average molecular weight is 378 g/mol. The van der Waals surface area contributed by atoms with Crippen LogP contribution in [0.2, 0.25) is 10.0 Å². The van der Waals surface area contributed by atoms with Gasteiger partial charge in [-0.3, -0.25) is 4.79 Å². The second-order valence-corrected chi connectivity index (χ2v) is 6.74. The van der Waals surface area contributed by atoms with E-state index in [0.717, 1.165) is 12.0 Å². The van der Waals surface area contributed by atoms with Crippen LogP contribution in [0.3, 0.4) is 0 Å². The Morgan fingerprint density at radius 1 is 1.04 bits per heavy atom. The van der Waals surface area contributed by atoms with Gasteiger partial charge in [-0.25, -0.2) is 4.79 Å². The number of fused-ring (bicyclic) bond motifs is 1. The standard InChI is InChI=1S/C19H17Cl2NO3/c1-12(25-19(24)17-15(20)7-4-8-16(17)21)18(23)22-10-9-13-5-2-3-6-14(13)11-22/h2-8,12H,9-11H2,1H3. The molecule has 1 amide bonds. The van der Waals surface area contributed by atoms with Crippen molar-refractivity contribution in [2.75, 3.05) is 6.54 Å². The molecular formula is C19H17Cl2NO3. The van der Waals surface area contributed by atoms with Crippen molar-refractivity contribution in [1.82, 2.24) is 4.90 Å². The van der Waals surface area contributed by atoms with Gasteiger partial charge in [-0.1, -0.05) is 53.5 Å². The van der Waals surface area contributed by atoms with Gasteiger partial charge in [-0.15, -0.1) is 0 Å². The number of esters is 1. The molecule has 3 rings (SSSR count). The molecule has 1 aliphatic heterocycles. The zero-order chi connectivity index (χ0) is 18.0. The van der Waals surface area contributed by atoms with Crippen LogP contribution in [-0.4, -0.2) is 29.4 Å². The number of amides is 1. The molecule has 1 heterocycles. The van der Waals surface area contributed by atoms with Crippen LogP contribution in [0.15, 0.2) is 42.5 Å². The monoisotopic (exact) mass is 377 g/mol. The number of hydrogen-bond donors (Lipinski definition) is 0. The van der Waals surface area contributed by atoms with Gasteiger partial charge in [0, 0.05) is 13.1 Å². The Kier molecular flexibility index (Phi) is 5.30. The lowest BCUT2D eigenvalue weighted by molar-refractivity contribution is -0.140. The third-order valence-electron chi connectivity index (χ3n) is 4.24. The minimum absolute atomic E-state index is 0.0782. The zero-order valence-corrected chi connectivity index (χ0v) is 15.2. The van der Waals surface area contributed by atoms with E-state index in [1.165, 1.54) is 5.56 Å². The van der Waals surface area contributed by atoms with Gasteiger partial charge in [-0.05, 0) is 36.6 Å². The van der Waals surface area contributed by atoms with Crippen molar-refractivity contribution in [1.29, 1.82) is 0 Å². The first-order valence-electron chi connectivity index (χ1n) is 7.98. The Balaban J connectivity index is 1.68. The minimum Gasteiger partial charge on any atom is -0.449 e. The lowest BCUT2D eigenvalue weighted by Gasteiger charge is -2.30. The van der Waals surface area contributed by atoms with Crippen molar-refractivity contribution in [3.8, 4) is 0 Å². The third-order valence-corrected chi connectivity index (χ3v) is 4.87. The molecule has 0 aromatic heterocycles. The van der Waals surface area contributed by atoms with Crippen molar-refractivity contribution in [2.45, 2.75) is 26.0 Å². The highest BCUT2D eigenvalue weighted by molar-refractivity contribution is 6.39. The highest BCUT2D eigenvalue weighted by Gasteiger charge is 2.28. The summed E-state index contributed by atoms with van der Waals surface area (Å²) in [6, 6.07) is 12.8. The molecule has 1 aliphatic rings. The second-order valence-electron chi connectivity index (χ2n) is 5.92. The van der Waals surface area contributed by atoms with Gasteiger partial charge in [0.2, 0.25) is 0 Å². The largest absolute Gasteiger partial charge is 0.449 e. The summed E-state index contributed by atoms with van der Waals surface area (Å²) in [5.74, 6) is -0.931. The van der Waals surface area contributed by atoms with Crippen LogP contribution in [0, 0.1) is 0 Å². The second kappa shape index (κ2) is 7.46. The van der Waals surface area contributed by atoms with E-state index in [2.05, 4.69) is 6.07 Å². The van der Waals surface area contributed by atoms with Gasteiger partial charge in [0.05, 0.1) is 15.6 Å². The van der Waals surface area contributed by atoms with Crippen LogP contribution in [0.5, 0.6) is 0 Å². The summed E-state index contributed by atoms with van der Waals surface area (Å²) < 4.78 is 5.30. The van der Waals surface area contributed by atoms with Crippen molar-refractivity contribution in [2.24, 2.45) is 0 Å².